The van der Waals surface area contributed by atoms with Crippen molar-refractivity contribution >= 4 is 29.6 Å². The number of hydrogen-bond acceptors (Lipinski definition) is 5. The summed E-state index contributed by atoms with van der Waals surface area (Å²) < 4.78 is 13.9. The van der Waals surface area contributed by atoms with Crippen LogP contribution in [-0.4, -0.2) is 58.1 Å². The minimum atomic E-state index is -1.43. The number of rotatable bonds is 4. The summed E-state index contributed by atoms with van der Waals surface area (Å²) in [6.07, 6.45) is 3.05. The lowest BCUT2D eigenvalue weighted by Crippen LogP contribution is -2.55. The molecule has 6 rings (SSSR count). The Hall–Kier alpha value is -3.99. The van der Waals surface area contributed by atoms with E-state index in [0.29, 0.717) is 30.5 Å². The minimum Gasteiger partial charge on any atom is -0.370 e. The molecule has 1 unspecified atom stereocenters. The van der Waals surface area contributed by atoms with E-state index in [1.165, 1.54) is 24.1 Å². The Labute approximate surface area is 224 Å². The summed E-state index contributed by atoms with van der Waals surface area (Å²) >= 11 is 0. The Balaban J connectivity index is 1.25. The summed E-state index contributed by atoms with van der Waals surface area (Å²) in [5, 5.41) is 19.7. The first-order valence-electron chi connectivity index (χ1n) is 13.2. The maximum atomic E-state index is 13.9. The molecule has 39 heavy (non-hydrogen) atoms. The van der Waals surface area contributed by atoms with E-state index in [4.69, 9.17) is 0 Å². The normalized spacial score (nSPS) is 25.7. The van der Waals surface area contributed by atoms with Gasteiger partial charge in [-0.1, -0.05) is 12.1 Å². The summed E-state index contributed by atoms with van der Waals surface area (Å²) in [5.74, 6) is -1.53. The van der Waals surface area contributed by atoms with Crippen molar-refractivity contribution in [2.75, 3.05) is 18.9 Å². The van der Waals surface area contributed by atoms with Crippen molar-refractivity contribution in [1.82, 2.24) is 20.4 Å². The molecule has 10 nitrogen and oxygen atoms in total. The third-order valence-corrected chi connectivity index (χ3v) is 8.55. The molecule has 2 aromatic carbocycles. The minimum absolute atomic E-state index is 0.0696. The second-order valence-corrected chi connectivity index (χ2v) is 10.8. The van der Waals surface area contributed by atoms with E-state index in [1.54, 1.807) is 24.3 Å². The molecule has 1 spiro atoms. The molecule has 0 aromatic heterocycles. The Kier molecular flexibility index (Phi) is 5.87. The number of aryl methyl sites for hydroxylation is 2. The van der Waals surface area contributed by atoms with Crippen LogP contribution in [0.1, 0.15) is 47.9 Å². The van der Waals surface area contributed by atoms with Crippen LogP contribution in [0.3, 0.4) is 0 Å². The zero-order valence-corrected chi connectivity index (χ0v) is 21.6. The van der Waals surface area contributed by atoms with Gasteiger partial charge in [0.25, 0.3) is 5.91 Å². The fourth-order valence-electron chi connectivity index (χ4n) is 6.30. The Morgan fingerprint density at radius 2 is 1.85 bits per heavy atom. The first kappa shape index (κ1) is 25.3. The zero-order valence-electron chi connectivity index (χ0n) is 21.6. The predicted octanol–water partition coefficient (Wildman–Crippen LogP) is 2.34. The van der Waals surface area contributed by atoms with Gasteiger partial charge in [0, 0.05) is 25.2 Å². The molecule has 4 N–H and O–H groups in total. The number of nitrogens with zero attached hydrogens (tertiary/aromatic N) is 2. The second kappa shape index (κ2) is 9.04. The average Bonchev–Trinajstić information content (AvgIpc) is 3.70. The molecule has 2 aromatic rings. The molecule has 0 bridgehead atoms. The van der Waals surface area contributed by atoms with Crippen LogP contribution < -0.4 is 16.0 Å². The molecule has 2 atom stereocenters. The van der Waals surface area contributed by atoms with E-state index in [1.807, 2.05) is 0 Å². The van der Waals surface area contributed by atoms with Crippen molar-refractivity contribution in [2.45, 2.75) is 56.3 Å². The van der Waals surface area contributed by atoms with Crippen LogP contribution in [0.2, 0.25) is 0 Å². The smallest absolute Gasteiger partial charge is 0.325 e. The maximum absolute atomic E-state index is 13.9. The molecule has 2 aliphatic heterocycles. The van der Waals surface area contributed by atoms with E-state index in [9.17, 15) is 28.7 Å². The number of hydrogen-bond donors (Lipinski definition) is 4. The van der Waals surface area contributed by atoms with Gasteiger partial charge in [-0.15, -0.1) is 0 Å². The maximum Gasteiger partial charge on any atom is 0.325 e. The number of urea groups is 2. The largest absolute Gasteiger partial charge is 0.370 e. The quantitative estimate of drug-likeness (QED) is 0.447. The number of aliphatic hydroxyl groups is 1. The van der Waals surface area contributed by atoms with Crippen LogP contribution in [0.25, 0.3) is 0 Å². The lowest BCUT2D eigenvalue weighted by molar-refractivity contribution is -0.170. The van der Waals surface area contributed by atoms with Gasteiger partial charge in [0.05, 0.1) is 0 Å². The molecule has 11 heteroatoms. The molecule has 204 valence electrons. The van der Waals surface area contributed by atoms with Crippen LogP contribution in [0, 0.1) is 11.7 Å². The van der Waals surface area contributed by atoms with E-state index in [-0.39, 0.29) is 30.7 Å². The Bertz CT molecular complexity index is 1410. The van der Waals surface area contributed by atoms with Crippen LogP contribution in [0.15, 0.2) is 36.4 Å². The van der Waals surface area contributed by atoms with E-state index in [0.717, 1.165) is 34.4 Å². The second-order valence-electron chi connectivity index (χ2n) is 10.8. The highest BCUT2D eigenvalue weighted by atomic mass is 19.1. The fraction of sp³-hybridized carbons (Fsp3) is 0.429. The number of anilines is 1. The van der Waals surface area contributed by atoms with Gasteiger partial charge < -0.3 is 26.0 Å². The molecule has 1 saturated carbocycles. The SMILES string of the molecule is CNC(=O)Nc1ccc2c(c1)CCC21NC(=O)N(CC(=O)N2Cc3ccc(F)cc3CC[C@]2(O)C2CC2)C1=O. The molecule has 4 aliphatic rings. The number of carbonyl (C=O) groups is 4. The van der Waals surface area contributed by atoms with Gasteiger partial charge in [-0.25, -0.2) is 14.0 Å². The van der Waals surface area contributed by atoms with Gasteiger partial charge in [0.15, 0.2) is 0 Å². The van der Waals surface area contributed by atoms with Crippen LogP contribution in [-0.2, 0) is 34.5 Å². The standard InChI is InChI=1S/C28H30FN5O5/c1-30-25(37)31-21-6-7-22-17(13-21)8-10-27(22)24(36)33(26(38)32-27)15-23(35)34-14-18-2-5-20(29)12-16(18)9-11-28(34,39)19-3-4-19/h2,5-7,12-13,19,39H,3-4,8-11,14-15H2,1H3,(H,32,38)(H2,30,31,37)/t27?,28-/m0/s1. The first-order chi connectivity index (χ1) is 18.6. The van der Waals surface area contributed by atoms with Crippen molar-refractivity contribution in [3.63, 3.8) is 0 Å². The first-order valence-corrected chi connectivity index (χ1v) is 13.2. The van der Waals surface area contributed by atoms with Crippen molar-refractivity contribution in [2.24, 2.45) is 5.92 Å². The number of fused-ring (bicyclic) bond motifs is 3. The number of halogens is 1. The summed E-state index contributed by atoms with van der Waals surface area (Å²) in [7, 11) is 1.51. The van der Waals surface area contributed by atoms with Crippen molar-refractivity contribution in [3.8, 4) is 0 Å². The summed E-state index contributed by atoms with van der Waals surface area (Å²) in [5.41, 5.74) is 0.788. The van der Waals surface area contributed by atoms with Crippen molar-refractivity contribution in [1.29, 1.82) is 0 Å². The molecule has 1 saturated heterocycles. The summed E-state index contributed by atoms with van der Waals surface area (Å²) in [4.78, 5) is 54.5. The predicted molar refractivity (Wildman–Crippen MR) is 138 cm³/mol. The van der Waals surface area contributed by atoms with Gasteiger partial charge in [-0.05, 0) is 85.0 Å². The zero-order chi connectivity index (χ0) is 27.5. The van der Waals surface area contributed by atoms with Gasteiger partial charge >= 0.3 is 12.1 Å². The van der Waals surface area contributed by atoms with E-state index < -0.39 is 35.7 Å². The highest BCUT2D eigenvalue weighted by Gasteiger charge is 2.57. The number of imide groups is 1. The van der Waals surface area contributed by atoms with Gasteiger partial charge in [-0.2, -0.15) is 0 Å². The molecular weight excluding hydrogens is 505 g/mol. The number of carbonyl (C=O) groups excluding carboxylic acids is 4. The molecular formula is C28H30FN5O5. The van der Waals surface area contributed by atoms with Gasteiger partial charge in [0.1, 0.15) is 23.6 Å². The van der Waals surface area contributed by atoms with Gasteiger partial charge in [0.2, 0.25) is 5.91 Å². The summed E-state index contributed by atoms with van der Waals surface area (Å²) in [6, 6.07) is 8.51. The molecule has 2 fully saturated rings. The number of benzene rings is 2. The number of nitrogens with one attached hydrogen (secondary N) is 3. The van der Waals surface area contributed by atoms with Crippen molar-refractivity contribution < 1.29 is 28.7 Å². The highest BCUT2D eigenvalue weighted by molar-refractivity contribution is 6.10. The molecule has 2 aliphatic carbocycles. The lowest BCUT2D eigenvalue weighted by atomic mass is 9.91. The molecule has 0 radical (unpaired) electrons. The Morgan fingerprint density at radius 1 is 1.08 bits per heavy atom. The van der Waals surface area contributed by atoms with Crippen LogP contribution >= 0.6 is 0 Å². The van der Waals surface area contributed by atoms with Gasteiger partial charge in [-0.3, -0.25) is 14.5 Å². The monoisotopic (exact) mass is 535 g/mol. The topological polar surface area (TPSA) is 131 Å². The van der Waals surface area contributed by atoms with Crippen LogP contribution in [0.5, 0.6) is 0 Å². The van der Waals surface area contributed by atoms with Crippen LogP contribution in [0.4, 0.5) is 19.7 Å². The van der Waals surface area contributed by atoms with E-state index >= 15 is 0 Å². The number of amides is 6. The van der Waals surface area contributed by atoms with Crippen molar-refractivity contribution in [3.05, 3.63) is 64.5 Å². The highest BCUT2D eigenvalue weighted by Crippen LogP contribution is 2.47. The molecule has 2 heterocycles. The Morgan fingerprint density at radius 3 is 2.59 bits per heavy atom. The van der Waals surface area contributed by atoms with E-state index in [2.05, 4.69) is 16.0 Å². The molecule has 6 amide bonds. The lowest BCUT2D eigenvalue weighted by Gasteiger charge is -2.39. The average molecular weight is 536 g/mol. The third-order valence-electron chi connectivity index (χ3n) is 8.55. The fourth-order valence-corrected chi connectivity index (χ4v) is 6.30. The third kappa shape index (κ3) is 4.12. The summed E-state index contributed by atoms with van der Waals surface area (Å²) in [6.45, 7) is -0.441.